The van der Waals surface area contributed by atoms with Crippen LogP contribution in [0.25, 0.3) is 0 Å². The summed E-state index contributed by atoms with van der Waals surface area (Å²) in [6.07, 6.45) is 0. The van der Waals surface area contributed by atoms with Crippen LogP contribution >= 0.6 is 30.8 Å². The Labute approximate surface area is 152 Å². The van der Waals surface area contributed by atoms with Crippen molar-refractivity contribution in [3.05, 3.63) is 64.1 Å². The molecule has 0 aliphatic heterocycles. The summed E-state index contributed by atoms with van der Waals surface area (Å²) in [5.41, 5.74) is -0.890. The van der Waals surface area contributed by atoms with Crippen molar-refractivity contribution in [1.29, 1.82) is 0 Å². The fourth-order valence-electron chi connectivity index (χ4n) is 1.80. The molecule has 2 N–H and O–H groups in total. The van der Waals surface area contributed by atoms with Gasteiger partial charge in [0, 0.05) is 10.6 Å². The number of oxime groups is 1. The van der Waals surface area contributed by atoms with E-state index in [1.807, 2.05) is 0 Å². The molecule has 132 valence electrons. The fraction of sp³-hybridized carbons (Fsp3) is 0.0667. The molecular formula is C15H12Cl2NO6P. The molecule has 0 spiro atoms. The standard InChI is InChI=1S/C15H12Cl2NO6P/c16-10-6-7-12(13(17)8-10)15(18-20)25(21,22)24-14(19)9-23-11-4-2-1-3-5-11/h1-8,20H,9H2,(H,21,22). The van der Waals surface area contributed by atoms with Crippen molar-refractivity contribution >= 4 is 42.2 Å². The minimum atomic E-state index is -4.80. The normalized spacial score (nSPS) is 13.8. The van der Waals surface area contributed by atoms with E-state index < -0.39 is 25.6 Å². The van der Waals surface area contributed by atoms with Crippen LogP contribution in [0.5, 0.6) is 5.75 Å². The first-order valence-corrected chi connectivity index (χ1v) is 9.08. The maximum atomic E-state index is 12.3. The summed E-state index contributed by atoms with van der Waals surface area (Å²) in [6, 6.07) is 12.2. The van der Waals surface area contributed by atoms with Gasteiger partial charge in [-0.2, -0.15) is 0 Å². The molecule has 0 bridgehead atoms. The Kier molecular flexibility index (Phi) is 6.45. The van der Waals surface area contributed by atoms with Crippen LogP contribution in [-0.4, -0.2) is 28.1 Å². The van der Waals surface area contributed by atoms with Crippen molar-refractivity contribution in [2.24, 2.45) is 5.16 Å². The molecule has 0 heterocycles. The molecule has 2 aromatic carbocycles. The van der Waals surface area contributed by atoms with Gasteiger partial charge in [0.05, 0.1) is 5.02 Å². The van der Waals surface area contributed by atoms with Gasteiger partial charge in [-0.15, -0.1) is 0 Å². The van der Waals surface area contributed by atoms with Crippen LogP contribution in [0.4, 0.5) is 0 Å². The predicted octanol–water partition coefficient (Wildman–Crippen LogP) is 3.94. The summed E-state index contributed by atoms with van der Waals surface area (Å²) in [5, 5.41) is 12.0. The second kappa shape index (κ2) is 8.36. The molecule has 0 fully saturated rings. The lowest BCUT2D eigenvalue weighted by Gasteiger charge is -2.14. The van der Waals surface area contributed by atoms with Crippen molar-refractivity contribution in [2.75, 3.05) is 6.61 Å². The van der Waals surface area contributed by atoms with Gasteiger partial charge in [-0.25, -0.2) is 9.36 Å². The third kappa shape index (κ3) is 5.21. The zero-order chi connectivity index (χ0) is 18.4. The predicted molar refractivity (Wildman–Crippen MR) is 92.6 cm³/mol. The molecule has 0 aromatic heterocycles. The van der Waals surface area contributed by atoms with E-state index in [2.05, 4.69) is 9.68 Å². The van der Waals surface area contributed by atoms with E-state index in [1.54, 1.807) is 30.3 Å². The largest absolute Gasteiger partial charge is 0.482 e. The first-order valence-electron chi connectivity index (χ1n) is 6.74. The molecule has 2 aromatic rings. The summed E-state index contributed by atoms with van der Waals surface area (Å²) in [7, 11) is -4.80. The van der Waals surface area contributed by atoms with Crippen molar-refractivity contribution in [1.82, 2.24) is 0 Å². The minimum absolute atomic E-state index is 0.0499. The van der Waals surface area contributed by atoms with Crippen LogP contribution in [0.3, 0.4) is 0 Å². The van der Waals surface area contributed by atoms with Gasteiger partial charge in [0.15, 0.2) is 6.61 Å². The van der Waals surface area contributed by atoms with Gasteiger partial charge in [0.1, 0.15) is 5.75 Å². The second-order valence-electron chi connectivity index (χ2n) is 4.63. The monoisotopic (exact) mass is 403 g/mol. The van der Waals surface area contributed by atoms with Crippen molar-refractivity contribution < 1.29 is 28.7 Å². The van der Waals surface area contributed by atoms with E-state index in [0.29, 0.717) is 5.75 Å². The second-order valence-corrected chi connectivity index (χ2v) is 7.12. The molecular weight excluding hydrogens is 392 g/mol. The summed E-state index contributed by atoms with van der Waals surface area (Å²) in [6.45, 7) is -0.610. The Morgan fingerprint density at radius 1 is 1.16 bits per heavy atom. The number of rotatable bonds is 6. The number of carbonyl (C=O) groups is 1. The third-order valence-electron chi connectivity index (χ3n) is 2.86. The van der Waals surface area contributed by atoms with E-state index in [9.17, 15) is 14.3 Å². The number of ether oxygens (including phenoxy) is 1. The highest BCUT2D eigenvalue weighted by Crippen LogP contribution is 2.47. The summed E-state index contributed by atoms with van der Waals surface area (Å²) in [4.78, 5) is 21.7. The average Bonchev–Trinajstić information content (AvgIpc) is 2.56. The number of halogens is 2. The molecule has 0 aliphatic rings. The summed E-state index contributed by atoms with van der Waals surface area (Å²) in [5.74, 6) is -0.745. The molecule has 0 amide bonds. The SMILES string of the molecule is O=C(COc1ccccc1)OP(=O)(O)C(=NO)c1ccc(Cl)cc1Cl. The number of hydrogen-bond donors (Lipinski definition) is 2. The lowest BCUT2D eigenvalue weighted by atomic mass is 10.2. The van der Waals surface area contributed by atoms with E-state index in [4.69, 9.17) is 33.1 Å². The number of hydrogen-bond acceptors (Lipinski definition) is 6. The van der Waals surface area contributed by atoms with Crippen molar-refractivity contribution in [3.63, 3.8) is 0 Å². The number of nitrogens with zero attached hydrogens (tertiary/aromatic N) is 1. The van der Waals surface area contributed by atoms with Crippen LogP contribution in [0.2, 0.25) is 10.0 Å². The summed E-state index contributed by atoms with van der Waals surface area (Å²) >= 11 is 11.7. The lowest BCUT2D eigenvalue weighted by molar-refractivity contribution is -0.136. The van der Waals surface area contributed by atoms with Gasteiger partial charge in [0.2, 0.25) is 5.45 Å². The van der Waals surface area contributed by atoms with Crippen LogP contribution in [-0.2, 0) is 13.9 Å². The minimum Gasteiger partial charge on any atom is -0.482 e. The molecule has 1 unspecified atom stereocenters. The van der Waals surface area contributed by atoms with Gasteiger partial charge in [-0.05, 0) is 30.3 Å². The zero-order valence-electron chi connectivity index (χ0n) is 12.5. The molecule has 0 radical (unpaired) electrons. The zero-order valence-corrected chi connectivity index (χ0v) is 14.9. The molecule has 25 heavy (non-hydrogen) atoms. The Morgan fingerprint density at radius 3 is 2.44 bits per heavy atom. The highest BCUT2D eigenvalue weighted by atomic mass is 35.5. The van der Waals surface area contributed by atoms with Crippen LogP contribution in [0.15, 0.2) is 53.7 Å². The van der Waals surface area contributed by atoms with Crippen LogP contribution < -0.4 is 4.74 Å². The molecule has 0 saturated carbocycles. The Morgan fingerprint density at radius 2 is 1.84 bits per heavy atom. The number of benzene rings is 2. The molecule has 10 heteroatoms. The van der Waals surface area contributed by atoms with Crippen LogP contribution in [0, 0.1) is 0 Å². The van der Waals surface area contributed by atoms with E-state index >= 15 is 0 Å². The quantitative estimate of drug-likeness (QED) is 0.327. The highest BCUT2D eigenvalue weighted by Gasteiger charge is 2.35. The van der Waals surface area contributed by atoms with Crippen molar-refractivity contribution in [2.45, 2.75) is 0 Å². The number of carbonyl (C=O) groups excluding carboxylic acids is 1. The van der Waals surface area contributed by atoms with Gasteiger partial charge in [0.25, 0.3) is 0 Å². The van der Waals surface area contributed by atoms with Gasteiger partial charge >= 0.3 is 13.6 Å². The average molecular weight is 404 g/mol. The van der Waals surface area contributed by atoms with E-state index in [0.717, 1.165) is 0 Å². The topological polar surface area (TPSA) is 105 Å². The highest BCUT2D eigenvalue weighted by molar-refractivity contribution is 7.72. The molecule has 1 atom stereocenters. The Balaban J connectivity index is 2.10. The molecule has 2 rings (SSSR count). The first kappa shape index (κ1) is 19.3. The fourth-order valence-corrected chi connectivity index (χ4v) is 3.39. The van der Waals surface area contributed by atoms with E-state index in [-0.39, 0.29) is 15.6 Å². The molecule has 0 aliphatic carbocycles. The van der Waals surface area contributed by atoms with Crippen LogP contribution in [0.1, 0.15) is 5.56 Å². The third-order valence-corrected chi connectivity index (χ3v) is 4.72. The summed E-state index contributed by atoms with van der Waals surface area (Å²) < 4.78 is 21.9. The first-order chi connectivity index (χ1) is 11.8. The Hall–Kier alpha value is -2.05. The van der Waals surface area contributed by atoms with E-state index in [1.165, 1.54) is 18.2 Å². The smallest absolute Gasteiger partial charge is 0.432 e. The molecule has 0 saturated heterocycles. The number of para-hydroxylation sites is 1. The maximum absolute atomic E-state index is 12.3. The Bertz CT molecular complexity index is 843. The van der Waals surface area contributed by atoms with Gasteiger partial charge in [-0.3, -0.25) is 0 Å². The van der Waals surface area contributed by atoms with Gasteiger partial charge in [-0.1, -0.05) is 46.6 Å². The van der Waals surface area contributed by atoms with Crippen molar-refractivity contribution in [3.8, 4) is 5.75 Å². The maximum Gasteiger partial charge on any atom is 0.432 e. The lowest BCUT2D eigenvalue weighted by Crippen LogP contribution is -2.17. The van der Waals surface area contributed by atoms with Gasteiger partial charge < -0.3 is 19.4 Å². The molecule has 7 nitrogen and oxygen atoms in total.